The minimum absolute atomic E-state index is 0.0815. The van der Waals surface area contributed by atoms with E-state index >= 15 is 0 Å². The van der Waals surface area contributed by atoms with E-state index in [2.05, 4.69) is 5.32 Å². The SMILES string of the molecule is Cc1cccc(NC(=O)c2cc(COc3c(C)cccc3C)cs2)c1C. The maximum absolute atomic E-state index is 12.5. The van der Waals surface area contributed by atoms with Gasteiger partial charge in [0, 0.05) is 11.3 Å². The van der Waals surface area contributed by atoms with E-state index < -0.39 is 0 Å². The fraction of sp³-hybridized carbons (Fsp3) is 0.227. The fourth-order valence-electron chi connectivity index (χ4n) is 2.82. The zero-order valence-electron chi connectivity index (χ0n) is 15.6. The van der Waals surface area contributed by atoms with Crippen LogP contribution in [0.1, 0.15) is 37.5 Å². The Kier molecular flexibility index (Phi) is 5.43. The molecule has 0 bridgehead atoms. The van der Waals surface area contributed by atoms with Crippen LogP contribution in [-0.2, 0) is 6.61 Å². The fourth-order valence-corrected chi connectivity index (χ4v) is 3.62. The molecule has 3 rings (SSSR count). The van der Waals surface area contributed by atoms with Crippen molar-refractivity contribution in [2.24, 2.45) is 0 Å². The van der Waals surface area contributed by atoms with Gasteiger partial charge in [-0.1, -0.05) is 30.3 Å². The average molecular weight is 365 g/mol. The lowest BCUT2D eigenvalue weighted by Gasteiger charge is -2.11. The molecule has 3 nitrogen and oxygen atoms in total. The molecule has 0 spiro atoms. The largest absolute Gasteiger partial charge is 0.488 e. The summed E-state index contributed by atoms with van der Waals surface area (Å²) < 4.78 is 5.97. The number of carbonyl (C=O) groups excluding carboxylic acids is 1. The van der Waals surface area contributed by atoms with Crippen molar-refractivity contribution in [3.8, 4) is 5.75 Å². The van der Waals surface area contributed by atoms with Crippen molar-refractivity contribution in [3.05, 3.63) is 80.5 Å². The number of hydrogen-bond acceptors (Lipinski definition) is 3. The van der Waals surface area contributed by atoms with Crippen molar-refractivity contribution in [1.82, 2.24) is 0 Å². The molecule has 0 aliphatic carbocycles. The van der Waals surface area contributed by atoms with Crippen molar-refractivity contribution < 1.29 is 9.53 Å². The second-order valence-corrected chi connectivity index (χ2v) is 7.44. The lowest BCUT2D eigenvalue weighted by Crippen LogP contribution is -2.11. The maximum Gasteiger partial charge on any atom is 0.265 e. The molecule has 0 saturated carbocycles. The van der Waals surface area contributed by atoms with Crippen LogP contribution in [0.2, 0.25) is 0 Å². The molecule has 1 N–H and O–H groups in total. The number of amides is 1. The number of anilines is 1. The van der Waals surface area contributed by atoms with Crippen molar-refractivity contribution in [2.45, 2.75) is 34.3 Å². The van der Waals surface area contributed by atoms with Gasteiger partial charge in [-0.05, 0) is 67.5 Å². The average Bonchev–Trinajstić information content (AvgIpc) is 3.08. The topological polar surface area (TPSA) is 38.3 Å². The number of rotatable bonds is 5. The van der Waals surface area contributed by atoms with Gasteiger partial charge in [0.1, 0.15) is 12.4 Å². The van der Waals surface area contributed by atoms with Gasteiger partial charge in [0.05, 0.1) is 4.88 Å². The summed E-state index contributed by atoms with van der Waals surface area (Å²) in [6.45, 7) is 8.60. The molecule has 0 aliphatic heterocycles. The summed E-state index contributed by atoms with van der Waals surface area (Å²) >= 11 is 1.44. The van der Waals surface area contributed by atoms with Gasteiger partial charge in [-0.2, -0.15) is 0 Å². The molecule has 1 aromatic heterocycles. The minimum Gasteiger partial charge on any atom is -0.488 e. The van der Waals surface area contributed by atoms with Crippen LogP contribution in [0.25, 0.3) is 0 Å². The van der Waals surface area contributed by atoms with Crippen LogP contribution in [0.3, 0.4) is 0 Å². The number of thiophene rings is 1. The molecule has 1 heterocycles. The number of ether oxygens (including phenoxy) is 1. The molecule has 0 aliphatic rings. The Morgan fingerprint density at radius 1 is 1.00 bits per heavy atom. The van der Waals surface area contributed by atoms with Crippen LogP contribution >= 0.6 is 11.3 Å². The van der Waals surface area contributed by atoms with Crippen molar-refractivity contribution in [1.29, 1.82) is 0 Å². The summed E-state index contributed by atoms with van der Waals surface area (Å²) in [7, 11) is 0. The molecule has 3 aromatic rings. The lowest BCUT2D eigenvalue weighted by molar-refractivity contribution is 0.103. The van der Waals surface area contributed by atoms with Gasteiger partial charge in [-0.25, -0.2) is 0 Å². The molecule has 0 radical (unpaired) electrons. The van der Waals surface area contributed by atoms with Crippen molar-refractivity contribution in [2.75, 3.05) is 5.32 Å². The molecule has 0 fully saturated rings. The Hall–Kier alpha value is -2.59. The van der Waals surface area contributed by atoms with Gasteiger partial charge >= 0.3 is 0 Å². The second kappa shape index (κ2) is 7.75. The van der Waals surface area contributed by atoms with Gasteiger partial charge in [0.25, 0.3) is 5.91 Å². The van der Waals surface area contributed by atoms with Gasteiger partial charge in [0.2, 0.25) is 0 Å². The molecular weight excluding hydrogens is 342 g/mol. The molecule has 26 heavy (non-hydrogen) atoms. The first-order valence-corrected chi connectivity index (χ1v) is 9.47. The minimum atomic E-state index is -0.0815. The molecule has 0 unspecified atom stereocenters. The predicted molar refractivity (Wildman–Crippen MR) is 108 cm³/mol. The first kappa shape index (κ1) is 18.2. The second-order valence-electron chi connectivity index (χ2n) is 6.53. The Balaban J connectivity index is 1.67. The van der Waals surface area contributed by atoms with Crippen LogP contribution in [-0.4, -0.2) is 5.91 Å². The quantitative estimate of drug-likeness (QED) is 0.619. The van der Waals surface area contributed by atoms with Crippen molar-refractivity contribution >= 4 is 22.9 Å². The summed E-state index contributed by atoms with van der Waals surface area (Å²) in [5.41, 5.74) is 6.36. The monoisotopic (exact) mass is 365 g/mol. The smallest absolute Gasteiger partial charge is 0.265 e. The van der Waals surface area contributed by atoms with E-state index in [-0.39, 0.29) is 5.91 Å². The summed E-state index contributed by atoms with van der Waals surface area (Å²) in [4.78, 5) is 13.2. The number of benzene rings is 2. The number of aryl methyl sites for hydroxylation is 3. The van der Waals surface area contributed by atoms with E-state index in [4.69, 9.17) is 4.74 Å². The highest BCUT2D eigenvalue weighted by Gasteiger charge is 2.12. The lowest BCUT2D eigenvalue weighted by atomic mass is 10.1. The van der Waals surface area contributed by atoms with E-state index in [1.54, 1.807) is 0 Å². The molecular formula is C22H23NO2S. The molecule has 2 aromatic carbocycles. The van der Waals surface area contributed by atoms with Gasteiger partial charge in [-0.15, -0.1) is 11.3 Å². The van der Waals surface area contributed by atoms with Crippen LogP contribution < -0.4 is 10.1 Å². The molecule has 1 amide bonds. The highest BCUT2D eigenvalue weighted by molar-refractivity contribution is 7.12. The third-order valence-corrected chi connectivity index (χ3v) is 5.50. The highest BCUT2D eigenvalue weighted by Crippen LogP contribution is 2.25. The van der Waals surface area contributed by atoms with Gasteiger partial charge in [0.15, 0.2) is 0 Å². The summed E-state index contributed by atoms with van der Waals surface area (Å²) in [6.07, 6.45) is 0. The Morgan fingerprint density at radius 3 is 2.38 bits per heavy atom. The predicted octanol–water partition coefficient (Wildman–Crippen LogP) is 5.81. The van der Waals surface area contributed by atoms with E-state index in [0.29, 0.717) is 11.5 Å². The van der Waals surface area contributed by atoms with E-state index in [1.807, 2.05) is 75.5 Å². The van der Waals surface area contributed by atoms with Crippen molar-refractivity contribution in [3.63, 3.8) is 0 Å². The third kappa shape index (κ3) is 3.97. The number of hydrogen-bond donors (Lipinski definition) is 1. The van der Waals surface area contributed by atoms with Crippen LogP contribution in [0.15, 0.2) is 47.8 Å². The highest BCUT2D eigenvalue weighted by atomic mass is 32.1. The number of nitrogens with one attached hydrogen (secondary N) is 1. The Labute approximate surface area is 158 Å². The molecule has 4 heteroatoms. The molecule has 0 atom stereocenters. The number of carbonyl (C=O) groups is 1. The van der Waals surface area contributed by atoms with Gasteiger partial charge < -0.3 is 10.1 Å². The molecule has 0 saturated heterocycles. The Bertz CT molecular complexity index is 923. The van der Waals surface area contributed by atoms with E-state index in [0.717, 1.165) is 39.3 Å². The number of para-hydroxylation sites is 1. The van der Waals surface area contributed by atoms with Crippen LogP contribution in [0.4, 0.5) is 5.69 Å². The zero-order valence-corrected chi connectivity index (χ0v) is 16.4. The molecule has 134 valence electrons. The maximum atomic E-state index is 12.5. The summed E-state index contributed by atoms with van der Waals surface area (Å²) in [5, 5.41) is 4.98. The standard InChI is InChI=1S/C22H23NO2S/c1-14-7-6-10-19(17(14)4)23-22(24)20-11-18(13-26-20)12-25-21-15(2)8-5-9-16(21)3/h5-11,13H,12H2,1-4H3,(H,23,24). The van der Waals surface area contributed by atoms with Crippen LogP contribution in [0.5, 0.6) is 5.75 Å². The Morgan fingerprint density at radius 2 is 1.65 bits per heavy atom. The first-order valence-electron chi connectivity index (χ1n) is 8.59. The van der Waals surface area contributed by atoms with Gasteiger partial charge in [-0.3, -0.25) is 4.79 Å². The summed E-state index contributed by atoms with van der Waals surface area (Å²) in [6, 6.07) is 13.9. The van der Waals surface area contributed by atoms with Crippen LogP contribution in [0, 0.1) is 27.7 Å². The van der Waals surface area contributed by atoms with E-state index in [9.17, 15) is 4.79 Å². The van der Waals surface area contributed by atoms with E-state index in [1.165, 1.54) is 11.3 Å². The first-order chi connectivity index (χ1) is 12.5. The summed E-state index contributed by atoms with van der Waals surface area (Å²) in [5.74, 6) is 0.835. The zero-order chi connectivity index (χ0) is 18.7. The normalized spacial score (nSPS) is 10.6. The third-order valence-electron chi connectivity index (χ3n) is 4.52.